The quantitative estimate of drug-likeness (QED) is 0.0768. The average Bonchev–Trinajstić information content (AvgIpc) is 3.51. The van der Waals surface area contributed by atoms with Crippen LogP contribution in [-0.4, -0.2) is 46.8 Å². The van der Waals surface area contributed by atoms with Crippen LogP contribution in [0.2, 0.25) is 9.36 Å². The molecule has 0 saturated heterocycles. The van der Waals surface area contributed by atoms with Gasteiger partial charge in [-0.15, -0.1) is 11.3 Å². The first kappa shape index (κ1) is 36.3. The van der Waals surface area contributed by atoms with Gasteiger partial charge in [-0.3, -0.25) is 13.9 Å². The lowest BCUT2D eigenvalue weighted by Crippen LogP contribution is -2.28. The van der Waals surface area contributed by atoms with Gasteiger partial charge in [-0.1, -0.05) is 53.5 Å². The summed E-state index contributed by atoms with van der Waals surface area (Å²) in [5, 5.41) is 2.47. The molecule has 10 nitrogen and oxygen atoms in total. The van der Waals surface area contributed by atoms with Crippen molar-refractivity contribution in [1.29, 1.82) is 0 Å². The minimum Gasteiger partial charge on any atom is -0.493 e. The number of anilines is 2. The van der Waals surface area contributed by atoms with E-state index in [1.54, 1.807) is 43.3 Å². The number of hydrogen-bond acceptors (Lipinski definition) is 9. The molecule has 0 radical (unpaired) electrons. The van der Waals surface area contributed by atoms with Crippen LogP contribution in [-0.2, 0) is 10.0 Å². The molecular formula is C35H27Cl2FN2O8S2. The van der Waals surface area contributed by atoms with Gasteiger partial charge in [0.25, 0.3) is 15.9 Å². The van der Waals surface area contributed by atoms with Crippen LogP contribution in [0.1, 0.15) is 42.9 Å². The number of carbonyl (C=O) groups is 3. The number of halogens is 3. The number of ether oxygens (including phenoxy) is 3. The van der Waals surface area contributed by atoms with E-state index in [9.17, 15) is 27.2 Å². The molecular weight excluding hydrogens is 730 g/mol. The topological polar surface area (TPSA) is 128 Å². The van der Waals surface area contributed by atoms with E-state index in [0.717, 1.165) is 28.6 Å². The molecule has 1 N–H and O–H groups in total. The van der Waals surface area contributed by atoms with Gasteiger partial charge in [-0.25, -0.2) is 17.6 Å². The number of hydrogen-bond donors (Lipinski definition) is 1. The molecule has 15 heteroatoms. The van der Waals surface area contributed by atoms with Gasteiger partial charge in [0.2, 0.25) is 0 Å². The fraction of sp³-hybridized carbons (Fsp3) is 0.114. The van der Waals surface area contributed by atoms with Gasteiger partial charge >= 0.3 is 5.97 Å². The summed E-state index contributed by atoms with van der Waals surface area (Å²) < 4.78 is 59.3. The zero-order valence-electron chi connectivity index (χ0n) is 26.5. The molecule has 258 valence electrons. The summed E-state index contributed by atoms with van der Waals surface area (Å²) in [5.41, 5.74) is 0.381. The number of sulfonamides is 1. The molecule has 1 heterocycles. The van der Waals surface area contributed by atoms with Crippen molar-refractivity contribution in [2.75, 3.05) is 30.4 Å². The highest BCUT2D eigenvalue weighted by Gasteiger charge is 2.31. The lowest BCUT2D eigenvalue weighted by molar-refractivity contribution is 0.0733. The minimum atomic E-state index is -4.36. The van der Waals surface area contributed by atoms with E-state index in [1.165, 1.54) is 44.5 Å². The molecule has 0 aliphatic heterocycles. The van der Waals surface area contributed by atoms with Crippen molar-refractivity contribution in [3.05, 3.63) is 128 Å². The number of benzene rings is 4. The van der Waals surface area contributed by atoms with Gasteiger partial charge < -0.3 is 19.5 Å². The van der Waals surface area contributed by atoms with Crippen molar-refractivity contribution in [3.63, 3.8) is 0 Å². The van der Waals surface area contributed by atoms with E-state index in [1.807, 2.05) is 0 Å². The maximum atomic E-state index is 14.7. The molecule has 5 rings (SSSR count). The summed E-state index contributed by atoms with van der Waals surface area (Å²) in [6.45, 7) is 2.16. The highest BCUT2D eigenvalue weighted by atomic mass is 35.5. The molecule has 0 saturated carbocycles. The zero-order valence-corrected chi connectivity index (χ0v) is 29.7. The second-order valence-electron chi connectivity index (χ2n) is 10.4. The van der Waals surface area contributed by atoms with Gasteiger partial charge in [-0.05, 0) is 55.5 Å². The van der Waals surface area contributed by atoms with E-state index in [0.29, 0.717) is 35.0 Å². The summed E-state index contributed by atoms with van der Waals surface area (Å²) in [6.07, 6.45) is 0. The fourth-order valence-electron chi connectivity index (χ4n) is 4.73. The summed E-state index contributed by atoms with van der Waals surface area (Å²) >= 11 is 13.2. The van der Waals surface area contributed by atoms with Crippen molar-refractivity contribution in [3.8, 4) is 17.2 Å². The van der Waals surface area contributed by atoms with Crippen LogP contribution in [0.3, 0.4) is 0 Å². The number of amides is 1. The van der Waals surface area contributed by atoms with E-state index < -0.39 is 32.6 Å². The Bertz CT molecular complexity index is 2210. The molecule has 0 fully saturated rings. The third kappa shape index (κ3) is 7.92. The second-order valence-corrected chi connectivity index (χ2v) is 14.4. The first-order valence-corrected chi connectivity index (χ1v) is 17.7. The number of nitrogens with zero attached hydrogens (tertiary/aromatic N) is 1. The van der Waals surface area contributed by atoms with Crippen molar-refractivity contribution in [2.24, 2.45) is 0 Å². The summed E-state index contributed by atoms with van der Waals surface area (Å²) in [7, 11) is -1.65. The molecule has 0 unspecified atom stereocenters. The number of ketones is 1. The smallest absolute Gasteiger partial charge is 0.343 e. The standard InChI is InChI=1S/C35H27Cl2FN2O8S2/c1-4-47-28-13-10-24(17-29(28)46-3)40(2)50(44,45)30-19-31(37)49-33(30)34(42)39-23-15-21(14-22(38)16-23)35(43)48-25-11-12-26(27(36)18-25)32(41)20-8-6-5-7-9-20/h5-19H,4H2,1-3H3,(H,39,42). The van der Waals surface area contributed by atoms with E-state index in [2.05, 4.69) is 5.32 Å². The van der Waals surface area contributed by atoms with Gasteiger partial charge in [-0.2, -0.15) is 0 Å². The van der Waals surface area contributed by atoms with Gasteiger partial charge in [0.1, 0.15) is 21.3 Å². The molecule has 0 atom stereocenters. The first-order valence-electron chi connectivity index (χ1n) is 14.6. The maximum Gasteiger partial charge on any atom is 0.343 e. The predicted octanol–water partition coefficient (Wildman–Crippen LogP) is 8.13. The number of rotatable bonds is 12. The van der Waals surface area contributed by atoms with Crippen molar-refractivity contribution in [1.82, 2.24) is 0 Å². The molecule has 0 bridgehead atoms. The van der Waals surface area contributed by atoms with Crippen LogP contribution in [0.4, 0.5) is 15.8 Å². The Hall–Kier alpha value is -4.95. The third-order valence-corrected chi connectivity index (χ3v) is 10.7. The monoisotopic (exact) mass is 756 g/mol. The molecule has 1 amide bonds. The maximum absolute atomic E-state index is 14.7. The Morgan fingerprint density at radius 2 is 1.64 bits per heavy atom. The summed E-state index contributed by atoms with van der Waals surface area (Å²) in [6, 6.07) is 21.2. The van der Waals surface area contributed by atoms with Gasteiger partial charge in [0.15, 0.2) is 17.3 Å². The Balaban J connectivity index is 1.35. The molecule has 4 aromatic carbocycles. The number of carbonyl (C=O) groups excluding carboxylic acids is 3. The van der Waals surface area contributed by atoms with Crippen LogP contribution >= 0.6 is 34.5 Å². The van der Waals surface area contributed by atoms with Gasteiger partial charge in [0, 0.05) is 36.0 Å². The molecule has 0 aliphatic carbocycles. The SMILES string of the molecule is CCOc1ccc(N(C)S(=O)(=O)c2cc(Cl)sc2C(=O)Nc2cc(F)cc(C(=O)Oc3ccc(C(=O)c4ccccc4)c(Cl)c3)c2)cc1OC. The molecule has 1 aromatic heterocycles. The number of nitrogens with one attached hydrogen (secondary N) is 1. The zero-order chi connectivity index (χ0) is 36.2. The normalized spacial score (nSPS) is 11.1. The molecule has 50 heavy (non-hydrogen) atoms. The predicted molar refractivity (Wildman–Crippen MR) is 190 cm³/mol. The number of esters is 1. The molecule has 5 aromatic rings. The number of methoxy groups -OCH3 is 1. The van der Waals surface area contributed by atoms with E-state index in [4.69, 9.17) is 37.4 Å². The van der Waals surface area contributed by atoms with Crippen LogP contribution in [0.5, 0.6) is 17.2 Å². The van der Waals surface area contributed by atoms with Crippen molar-refractivity contribution >= 4 is 73.6 Å². The third-order valence-electron chi connectivity index (χ3n) is 7.15. The highest BCUT2D eigenvalue weighted by Crippen LogP contribution is 2.37. The Kier molecular flexibility index (Phi) is 11.1. The minimum absolute atomic E-state index is 0.00468. The highest BCUT2D eigenvalue weighted by molar-refractivity contribution is 7.93. The van der Waals surface area contributed by atoms with Crippen molar-refractivity contribution in [2.45, 2.75) is 11.8 Å². The van der Waals surface area contributed by atoms with Crippen LogP contribution in [0.25, 0.3) is 0 Å². The molecule has 0 spiro atoms. The van der Waals surface area contributed by atoms with Crippen molar-refractivity contribution < 1.29 is 41.4 Å². The average molecular weight is 758 g/mol. The van der Waals surface area contributed by atoms with E-state index >= 15 is 0 Å². The first-order chi connectivity index (χ1) is 23.8. The summed E-state index contributed by atoms with van der Waals surface area (Å²) in [4.78, 5) is 38.5. The fourth-order valence-corrected chi connectivity index (χ4v) is 7.86. The Morgan fingerprint density at radius 3 is 2.32 bits per heavy atom. The summed E-state index contributed by atoms with van der Waals surface area (Å²) in [5.74, 6) is -2.44. The largest absolute Gasteiger partial charge is 0.493 e. The lowest BCUT2D eigenvalue weighted by atomic mass is 10.0. The second kappa shape index (κ2) is 15.3. The Labute approximate surface area is 301 Å². The van der Waals surface area contributed by atoms with Crippen LogP contribution in [0.15, 0.2) is 95.9 Å². The van der Waals surface area contributed by atoms with E-state index in [-0.39, 0.29) is 48.3 Å². The van der Waals surface area contributed by atoms with Crippen LogP contribution in [0, 0.1) is 5.82 Å². The number of thiophene rings is 1. The van der Waals surface area contributed by atoms with Gasteiger partial charge in [0.05, 0.1) is 34.3 Å². The lowest BCUT2D eigenvalue weighted by Gasteiger charge is -2.21. The Morgan fingerprint density at radius 1 is 0.900 bits per heavy atom. The molecule has 0 aliphatic rings. The van der Waals surface area contributed by atoms with Crippen LogP contribution < -0.4 is 23.8 Å².